The summed E-state index contributed by atoms with van der Waals surface area (Å²) < 4.78 is 10.9. The summed E-state index contributed by atoms with van der Waals surface area (Å²) in [6.07, 6.45) is 11.5. The molecule has 0 spiro atoms. The molecule has 2 amide bonds. The molecular formula is C25H42N2O6. The highest BCUT2D eigenvalue weighted by molar-refractivity contribution is 5.84. The minimum absolute atomic E-state index is 0.0281. The number of hydrogen-bond acceptors (Lipinski definition) is 6. The number of carbonyl (C=O) groups is 4. The summed E-state index contributed by atoms with van der Waals surface area (Å²) in [5.74, 6) is 0.136. The summed E-state index contributed by atoms with van der Waals surface area (Å²) in [4.78, 5) is 46.3. The maximum Gasteiger partial charge on any atom is 0.303 e. The monoisotopic (exact) mass is 466 g/mol. The molecule has 0 radical (unpaired) electrons. The lowest BCUT2D eigenvalue weighted by atomic mass is 9.76. The van der Waals surface area contributed by atoms with Gasteiger partial charge in [-0.15, -0.1) is 0 Å². The molecule has 0 aromatic rings. The van der Waals surface area contributed by atoms with E-state index in [1.165, 1.54) is 6.92 Å². The predicted octanol–water partition coefficient (Wildman–Crippen LogP) is 3.07. The number of unbranched alkanes of at least 4 members (excludes halogenated alkanes) is 5. The largest absolute Gasteiger partial charge is 0.458 e. The number of Topliss-reactive ketones (excluding diaryl/α,β-unsaturated/α-hetero) is 1. The normalized spacial score (nSPS) is 23.3. The van der Waals surface area contributed by atoms with E-state index in [0.717, 1.165) is 64.2 Å². The van der Waals surface area contributed by atoms with Gasteiger partial charge in [0.25, 0.3) is 0 Å². The van der Waals surface area contributed by atoms with Gasteiger partial charge in [-0.1, -0.05) is 39.0 Å². The summed E-state index contributed by atoms with van der Waals surface area (Å²) in [5.41, 5.74) is 0. The van der Waals surface area contributed by atoms with Gasteiger partial charge in [0.2, 0.25) is 11.8 Å². The first-order valence-corrected chi connectivity index (χ1v) is 12.7. The van der Waals surface area contributed by atoms with E-state index in [1.54, 1.807) is 0 Å². The van der Waals surface area contributed by atoms with Crippen molar-refractivity contribution in [3.63, 3.8) is 0 Å². The Hall–Kier alpha value is -1.96. The van der Waals surface area contributed by atoms with Crippen LogP contribution in [0.4, 0.5) is 0 Å². The van der Waals surface area contributed by atoms with E-state index >= 15 is 0 Å². The average Bonchev–Trinajstić information content (AvgIpc) is 3.39. The Kier molecular flexibility index (Phi) is 12.4. The highest BCUT2D eigenvalue weighted by Gasteiger charge is 2.48. The third-order valence-electron chi connectivity index (χ3n) is 6.76. The van der Waals surface area contributed by atoms with Gasteiger partial charge >= 0.3 is 5.97 Å². The lowest BCUT2D eigenvalue weighted by Crippen LogP contribution is -2.42. The van der Waals surface area contributed by atoms with Gasteiger partial charge in [-0.25, -0.2) is 0 Å². The molecule has 2 heterocycles. The second-order valence-electron chi connectivity index (χ2n) is 9.43. The van der Waals surface area contributed by atoms with Gasteiger partial charge in [0, 0.05) is 32.2 Å². The van der Waals surface area contributed by atoms with Crippen LogP contribution in [0, 0.1) is 11.8 Å². The maximum absolute atomic E-state index is 12.2. The molecule has 2 rings (SSSR count). The van der Waals surface area contributed by atoms with Crippen molar-refractivity contribution >= 4 is 23.6 Å². The van der Waals surface area contributed by atoms with Crippen molar-refractivity contribution in [3.8, 4) is 0 Å². The molecule has 33 heavy (non-hydrogen) atoms. The Bertz CT molecular complexity index is 653. The van der Waals surface area contributed by atoms with Crippen LogP contribution in [-0.2, 0) is 28.7 Å². The molecule has 8 nitrogen and oxygen atoms in total. The Labute approximate surface area is 197 Å². The van der Waals surface area contributed by atoms with E-state index in [4.69, 9.17) is 9.47 Å². The zero-order chi connectivity index (χ0) is 24.1. The molecular weight excluding hydrogens is 424 g/mol. The Balaban J connectivity index is 1.60. The first kappa shape index (κ1) is 27.3. The third kappa shape index (κ3) is 10.2. The standard InChI is InChI=1S/C25H42N2O6/c1-3-4-7-12-24(30)27-16-25(31)26-15-21-20(22-13-14-23(21)33-22)11-9-6-5-8-10-19(29)17-32-18(2)28/h20-23H,3-17H2,1-2H3,(H,26,31)(H,27,30)/t20-,21+,22-,23+/m1/s1. The summed E-state index contributed by atoms with van der Waals surface area (Å²) in [6, 6.07) is 0. The van der Waals surface area contributed by atoms with Crippen LogP contribution in [-0.4, -0.2) is 55.5 Å². The fraction of sp³-hybridized carbons (Fsp3) is 0.840. The van der Waals surface area contributed by atoms with Crippen molar-refractivity contribution in [2.45, 2.75) is 103 Å². The zero-order valence-corrected chi connectivity index (χ0v) is 20.4. The SMILES string of the molecule is CCCCCC(=O)NCC(=O)NC[C@H]1[C@@H](CCCCCCC(=O)COC(C)=O)[C@H]2CC[C@@H]1O2. The molecule has 0 aliphatic carbocycles. The highest BCUT2D eigenvalue weighted by atomic mass is 16.5. The summed E-state index contributed by atoms with van der Waals surface area (Å²) >= 11 is 0. The van der Waals surface area contributed by atoms with E-state index in [-0.39, 0.29) is 36.9 Å². The minimum atomic E-state index is -0.422. The number of ether oxygens (including phenoxy) is 2. The first-order chi connectivity index (χ1) is 15.9. The van der Waals surface area contributed by atoms with Gasteiger partial charge in [-0.2, -0.15) is 0 Å². The number of amides is 2. The zero-order valence-electron chi connectivity index (χ0n) is 20.4. The second-order valence-corrected chi connectivity index (χ2v) is 9.43. The predicted molar refractivity (Wildman–Crippen MR) is 124 cm³/mol. The number of rotatable bonds is 17. The van der Waals surface area contributed by atoms with Gasteiger partial charge in [-0.3, -0.25) is 19.2 Å². The Morgan fingerprint density at radius 3 is 2.27 bits per heavy atom. The highest BCUT2D eigenvalue weighted by Crippen LogP contribution is 2.45. The van der Waals surface area contributed by atoms with E-state index in [9.17, 15) is 19.2 Å². The number of fused-ring (bicyclic) bond motifs is 2. The van der Waals surface area contributed by atoms with Crippen LogP contribution in [0.5, 0.6) is 0 Å². The van der Waals surface area contributed by atoms with E-state index in [1.807, 2.05) is 0 Å². The quantitative estimate of drug-likeness (QED) is 0.252. The van der Waals surface area contributed by atoms with Gasteiger partial charge in [0.05, 0.1) is 18.8 Å². The van der Waals surface area contributed by atoms with E-state index in [2.05, 4.69) is 17.6 Å². The lowest BCUT2D eigenvalue weighted by Gasteiger charge is -2.28. The second kappa shape index (κ2) is 15.0. The molecule has 0 aromatic carbocycles. The van der Waals surface area contributed by atoms with Crippen molar-refractivity contribution in [1.29, 1.82) is 0 Å². The number of nitrogens with one attached hydrogen (secondary N) is 2. The van der Waals surface area contributed by atoms with E-state index in [0.29, 0.717) is 37.3 Å². The molecule has 8 heteroatoms. The van der Waals surface area contributed by atoms with Crippen molar-refractivity contribution in [2.75, 3.05) is 19.7 Å². The number of carbonyl (C=O) groups excluding carboxylic acids is 4. The summed E-state index contributed by atoms with van der Waals surface area (Å²) in [6.45, 7) is 3.91. The van der Waals surface area contributed by atoms with Crippen molar-refractivity contribution in [3.05, 3.63) is 0 Å². The molecule has 2 fully saturated rings. The molecule has 0 aromatic heterocycles. The van der Waals surface area contributed by atoms with Gasteiger partial charge in [-0.05, 0) is 38.0 Å². The topological polar surface area (TPSA) is 111 Å². The summed E-state index contributed by atoms with van der Waals surface area (Å²) in [7, 11) is 0. The van der Waals surface area contributed by atoms with Crippen molar-refractivity contribution < 1.29 is 28.7 Å². The van der Waals surface area contributed by atoms with E-state index < -0.39 is 5.97 Å². The Morgan fingerprint density at radius 1 is 0.848 bits per heavy atom. The molecule has 2 N–H and O–H groups in total. The van der Waals surface area contributed by atoms with Crippen LogP contribution in [0.25, 0.3) is 0 Å². The van der Waals surface area contributed by atoms with Crippen molar-refractivity contribution in [1.82, 2.24) is 10.6 Å². The Morgan fingerprint density at radius 2 is 1.55 bits per heavy atom. The first-order valence-electron chi connectivity index (χ1n) is 12.7. The number of hydrogen-bond donors (Lipinski definition) is 2. The van der Waals surface area contributed by atoms with Gasteiger partial charge < -0.3 is 20.1 Å². The molecule has 2 bridgehead atoms. The summed E-state index contributed by atoms with van der Waals surface area (Å²) in [5, 5.41) is 5.70. The fourth-order valence-corrected chi connectivity index (χ4v) is 4.96. The molecule has 0 saturated carbocycles. The lowest BCUT2D eigenvalue weighted by molar-refractivity contribution is -0.145. The molecule has 4 atom stereocenters. The molecule has 2 saturated heterocycles. The molecule has 2 aliphatic rings. The van der Waals surface area contributed by atoms with Crippen LogP contribution in [0.3, 0.4) is 0 Å². The molecule has 188 valence electrons. The van der Waals surface area contributed by atoms with Crippen LogP contribution in [0.15, 0.2) is 0 Å². The average molecular weight is 467 g/mol. The molecule has 2 aliphatic heterocycles. The number of esters is 1. The van der Waals surface area contributed by atoms with Crippen LogP contribution < -0.4 is 10.6 Å². The van der Waals surface area contributed by atoms with Crippen LogP contribution in [0.2, 0.25) is 0 Å². The molecule has 0 unspecified atom stereocenters. The fourth-order valence-electron chi connectivity index (χ4n) is 4.96. The van der Waals surface area contributed by atoms with Crippen molar-refractivity contribution in [2.24, 2.45) is 11.8 Å². The van der Waals surface area contributed by atoms with Gasteiger partial charge in [0.15, 0.2) is 5.78 Å². The smallest absolute Gasteiger partial charge is 0.303 e. The van der Waals surface area contributed by atoms with Gasteiger partial charge in [0.1, 0.15) is 6.61 Å². The maximum atomic E-state index is 12.2. The number of ketones is 1. The third-order valence-corrected chi connectivity index (χ3v) is 6.76. The van der Waals surface area contributed by atoms with Crippen LogP contribution >= 0.6 is 0 Å². The van der Waals surface area contributed by atoms with Crippen LogP contribution in [0.1, 0.15) is 90.9 Å². The minimum Gasteiger partial charge on any atom is -0.458 e.